The summed E-state index contributed by atoms with van der Waals surface area (Å²) in [4.78, 5) is 35.7. The topological polar surface area (TPSA) is 100 Å². The number of hydrogen-bond donors (Lipinski definition) is 2. The molecule has 0 aliphatic carbocycles. The molecule has 1 atom stereocenters. The molecule has 4 aromatic rings. The van der Waals surface area contributed by atoms with Crippen molar-refractivity contribution in [2.24, 2.45) is 7.05 Å². The van der Waals surface area contributed by atoms with Crippen LogP contribution in [0.3, 0.4) is 0 Å². The van der Waals surface area contributed by atoms with Crippen molar-refractivity contribution < 1.29 is 27.9 Å². The number of hydrogen-bond acceptors (Lipinski definition) is 7. The monoisotopic (exact) mass is 531 g/mol. The van der Waals surface area contributed by atoms with Gasteiger partial charge in [0.05, 0.1) is 32.9 Å². The number of carbonyl (C=O) groups is 2. The molecule has 0 spiro atoms. The Morgan fingerprint density at radius 1 is 1.14 bits per heavy atom. The van der Waals surface area contributed by atoms with Crippen LogP contribution in [-0.2, 0) is 18.0 Å². The lowest BCUT2D eigenvalue weighted by Gasteiger charge is -2.30. The van der Waals surface area contributed by atoms with Crippen molar-refractivity contribution in [1.29, 1.82) is 0 Å². The van der Waals surface area contributed by atoms with Crippen LogP contribution in [0, 0.1) is 0 Å². The van der Waals surface area contributed by atoms with E-state index in [0.29, 0.717) is 51.9 Å². The van der Waals surface area contributed by atoms with Crippen molar-refractivity contribution in [3.05, 3.63) is 47.5 Å². The molecule has 2 aromatic carbocycles. The van der Waals surface area contributed by atoms with E-state index in [1.54, 1.807) is 34.7 Å². The number of imidazole rings is 1. The Balaban J connectivity index is 1.29. The fourth-order valence-corrected chi connectivity index (χ4v) is 5.34. The van der Waals surface area contributed by atoms with E-state index in [1.165, 1.54) is 6.07 Å². The van der Waals surface area contributed by atoms with Crippen LogP contribution in [-0.4, -0.2) is 55.4 Å². The summed E-state index contributed by atoms with van der Waals surface area (Å²) < 4.78 is 41.2. The number of anilines is 2. The number of piperidine rings is 1. The maximum absolute atomic E-state index is 13.0. The minimum atomic E-state index is -4.43. The Morgan fingerprint density at radius 3 is 2.70 bits per heavy atom. The lowest BCUT2D eigenvalue weighted by atomic mass is 10.0. The van der Waals surface area contributed by atoms with Gasteiger partial charge in [0.1, 0.15) is 0 Å². The summed E-state index contributed by atoms with van der Waals surface area (Å²) in [7, 11) is 1.78. The van der Waals surface area contributed by atoms with Crippen LogP contribution in [0.15, 0.2) is 36.4 Å². The summed E-state index contributed by atoms with van der Waals surface area (Å²) in [5.41, 5.74) is 1.45. The molecule has 1 fully saturated rings. The number of aliphatic hydroxyl groups is 1. The predicted molar refractivity (Wildman–Crippen MR) is 134 cm³/mol. The summed E-state index contributed by atoms with van der Waals surface area (Å²) in [6, 6.07) is 8.52. The SMILES string of the molecule is Cn1c(Nc2nc3ccc(C(F)(F)F)cc3s2)nc2cc(C(=O)CCC(=O)N3CCC[C@H](O)C3)ccc21. The van der Waals surface area contributed by atoms with Crippen molar-refractivity contribution >= 4 is 55.4 Å². The maximum Gasteiger partial charge on any atom is 0.416 e. The number of β-amino-alcohol motifs (C(OH)–C–C–N with tert-alkyl or cyclic N) is 1. The zero-order valence-electron chi connectivity index (χ0n) is 19.9. The summed E-state index contributed by atoms with van der Waals surface area (Å²) in [6.45, 7) is 0.902. The van der Waals surface area contributed by atoms with Gasteiger partial charge < -0.3 is 19.9 Å². The Kier molecular flexibility index (Phi) is 6.63. The van der Waals surface area contributed by atoms with Crippen LogP contribution < -0.4 is 5.32 Å². The molecule has 3 heterocycles. The lowest BCUT2D eigenvalue weighted by Crippen LogP contribution is -2.42. The van der Waals surface area contributed by atoms with Crippen LogP contribution in [0.1, 0.15) is 41.6 Å². The van der Waals surface area contributed by atoms with Crippen molar-refractivity contribution in [1.82, 2.24) is 19.4 Å². The largest absolute Gasteiger partial charge is 0.416 e. The van der Waals surface area contributed by atoms with Crippen LogP contribution in [0.25, 0.3) is 21.3 Å². The van der Waals surface area contributed by atoms with Crippen molar-refractivity contribution in [2.75, 3.05) is 18.4 Å². The third kappa shape index (κ3) is 5.30. The molecule has 5 rings (SSSR count). The van der Waals surface area contributed by atoms with Gasteiger partial charge in [0.2, 0.25) is 11.9 Å². The van der Waals surface area contributed by atoms with E-state index in [9.17, 15) is 27.9 Å². The number of nitrogens with zero attached hydrogens (tertiary/aromatic N) is 4. The van der Waals surface area contributed by atoms with Crippen LogP contribution in [0.2, 0.25) is 0 Å². The number of halogens is 3. The average molecular weight is 532 g/mol. The molecule has 0 bridgehead atoms. The van der Waals surface area contributed by atoms with Crippen LogP contribution in [0.4, 0.5) is 24.3 Å². The zero-order chi connectivity index (χ0) is 26.3. The molecule has 37 heavy (non-hydrogen) atoms. The van der Waals surface area contributed by atoms with Gasteiger partial charge in [0.25, 0.3) is 0 Å². The second-order valence-corrected chi connectivity index (χ2v) is 10.1. The van der Waals surface area contributed by atoms with E-state index in [-0.39, 0.29) is 24.5 Å². The number of fused-ring (bicyclic) bond motifs is 2. The van der Waals surface area contributed by atoms with Gasteiger partial charge in [-0.1, -0.05) is 11.3 Å². The predicted octanol–water partition coefficient (Wildman–Crippen LogP) is 4.89. The van der Waals surface area contributed by atoms with E-state index < -0.39 is 17.8 Å². The molecule has 8 nitrogen and oxygen atoms in total. The smallest absolute Gasteiger partial charge is 0.391 e. The van der Waals surface area contributed by atoms with Crippen molar-refractivity contribution in [2.45, 2.75) is 38.0 Å². The first kappa shape index (κ1) is 25.2. The minimum Gasteiger partial charge on any atom is -0.391 e. The molecular weight excluding hydrogens is 507 g/mol. The Labute approximate surface area is 213 Å². The first-order valence-corrected chi connectivity index (χ1v) is 12.6. The first-order chi connectivity index (χ1) is 17.6. The van der Waals surface area contributed by atoms with Crippen molar-refractivity contribution in [3.8, 4) is 0 Å². The number of likely N-dealkylation sites (tertiary alicyclic amines) is 1. The number of Topliss-reactive ketones (excluding diaryl/α,β-unsaturated/α-hetero) is 1. The van der Waals surface area contributed by atoms with Gasteiger partial charge in [-0.2, -0.15) is 13.2 Å². The molecule has 1 aliphatic rings. The van der Waals surface area contributed by atoms with Crippen LogP contribution >= 0.6 is 11.3 Å². The highest BCUT2D eigenvalue weighted by Gasteiger charge is 2.31. The number of benzene rings is 2. The molecule has 2 N–H and O–H groups in total. The lowest BCUT2D eigenvalue weighted by molar-refractivity contribution is -0.137. The molecular formula is C25H24F3N5O3S. The van der Waals surface area contributed by atoms with E-state index in [4.69, 9.17) is 0 Å². The van der Waals surface area contributed by atoms with E-state index in [1.807, 2.05) is 0 Å². The number of nitrogens with one attached hydrogen (secondary N) is 1. The minimum absolute atomic E-state index is 0.0560. The molecule has 0 saturated carbocycles. The second kappa shape index (κ2) is 9.75. The number of aryl methyl sites for hydroxylation is 1. The summed E-state index contributed by atoms with van der Waals surface area (Å²) >= 11 is 1.09. The number of rotatable bonds is 6. The Bertz CT molecular complexity index is 1500. The summed E-state index contributed by atoms with van der Waals surface area (Å²) in [5, 5.41) is 13.2. The highest BCUT2D eigenvalue weighted by Crippen LogP contribution is 2.35. The number of amides is 1. The molecule has 0 unspecified atom stereocenters. The third-order valence-corrected chi connectivity index (χ3v) is 7.39. The molecule has 1 amide bonds. The third-order valence-electron chi connectivity index (χ3n) is 6.45. The van der Waals surface area contributed by atoms with Gasteiger partial charge in [-0.05, 0) is 49.2 Å². The molecule has 12 heteroatoms. The first-order valence-electron chi connectivity index (χ1n) is 11.8. The Hall–Kier alpha value is -3.51. The van der Waals surface area contributed by atoms with E-state index in [2.05, 4.69) is 15.3 Å². The number of aromatic nitrogens is 3. The highest BCUT2D eigenvalue weighted by atomic mass is 32.1. The quantitative estimate of drug-likeness (QED) is 0.344. The fourth-order valence-electron chi connectivity index (χ4n) is 4.44. The maximum atomic E-state index is 13.0. The standard InChI is InChI=1S/C25H24F3N5O3S/c1-32-19-7-4-14(20(35)8-9-22(36)33-10-2-3-16(34)13-33)11-18(19)29-23(32)31-24-30-17-6-5-15(25(26,27)28)12-21(17)37-24/h4-7,11-12,16,34H,2-3,8-10,13H2,1H3,(H,29,30,31)/t16-/m0/s1. The van der Waals surface area contributed by atoms with Gasteiger partial charge >= 0.3 is 6.18 Å². The number of alkyl halides is 3. The molecule has 2 aromatic heterocycles. The molecule has 1 aliphatic heterocycles. The fraction of sp³-hybridized carbons (Fsp3) is 0.360. The van der Waals surface area contributed by atoms with E-state index >= 15 is 0 Å². The normalized spacial score (nSPS) is 16.5. The van der Waals surface area contributed by atoms with Gasteiger partial charge in [-0.15, -0.1) is 0 Å². The summed E-state index contributed by atoms with van der Waals surface area (Å²) in [5.74, 6) is 0.101. The van der Waals surface area contributed by atoms with Crippen LogP contribution in [0.5, 0.6) is 0 Å². The molecule has 0 radical (unpaired) electrons. The average Bonchev–Trinajstić information content (AvgIpc) is 3.41. The van der Waals surface area contributed by atoms with Gasteiger partial charge in [0, 0.05) is 38.5 Å². The number of aliphatic hydroxyl groups excluding tert-OH is 1. The Morgan fingerprint density at radius 2 is 1.95 bits per heavy atom. The zero-order valence-corrected chi connectivity index (χ0v) is 20.7. The van der Waals surface area contributed by atoms with Gasteiger partial charge in [-0.3, -0.25) is 9.59 Å². The van der Waals surface area contributed by atoms with E-state index in [0.717, 1.165) is 35.4 Å². The molecule has 1 saturated heterocycles. The summed E-state index contributed by atoms with van der Waals surface area (Å²) in [6.07, 6.45) is -3.38. The number of thiazole rings is 1. The van der Waals surface area contributed by atoms with Crippen molar-refractivity contribution in [3.63, 3.8) is 0 Å². The highest BCUT2D eigenvalue weighted by molar-refractivity contribution is 7.22. The number of carbonyl (C=O) groups excluding carboxylic acids is 2. The van der Waals surface area contributed by atoms with Gasteiger partial charge in [-0.25, -0.2) is 9.97 Å². The number of ketones is 1. The second-order valence-electron chi connectivity index (χ2n) is 9.08. The molecule has 194 valence electrons. The van der Waals surface area contributed by atoms with Gasteiger partial charge in [0.15, 0.2) is 10.9 Å².